The second kappa shape index (κ2) is 13.1. The van der Waals surface area contributed by atoms with Crippen LogP contribution in [0.4, 0.5) is 11.8 Å². The minimum atomic E-state index is -0.845. The fraction of sp³-hybridized carbons (Fsp3) is 0.640. The Morgan fingerprint density at radius 3 is 2.53 bits per heavy atom. The van der Waals surface area contributed by atoms with Gasteiger partial charge in [0.25, 0.3) is 0 Å². The minimum absolute atomic E-state index is 0.0475. The molecule has 6 N–H and O–H groups in total. The second-order valence-electron chi connectivity index (χ2n) is 9.27. The summed E-state index contributed by atoms with van der Waals surface area (Å²) in [4.78, 5) is 48.2. The summed E-state index contributed by atoms with van der Waals surface area (Å²) in [7, 11) is 0. The van der Waals surface area contributed by atoms with Crippen molar-refractivity contribution >= 4 is 40.6 Å². The van der Waals surface area contributed by atoms with E-state index in [2.05, 4.69) is 20.3 Å². The van der Waals surface area contributed by atoms with Crippen LogP contribution in [0.1, 0.15) is 70.8 Å². The Bertz CT molecular complexity index is 1050. The predicted octanol–water partition coefficient (Wildman–Crippen LogP) is 2.64. The number of nitrogen functional groups attached to an aromatic ring is 2. The third-order valence-corrected chi connectivity index (χ3v) is 6.76. The van der Waals surface area contributed by atoms with Gasteiger partial charge in [-0.25, -0.2) is 4.79 Å². The predicted molar refractivity (Wildman–Crippen MR) is 136 cm³/mol. The van der Waals surface area contributed by atoms with Crippen LogP contribution < -0.4 is 16.8 Å². The number of aromatic amines is 1. The highest BCUT2D eigenvalue weighted by Crippen LogP contribution is 2.33. The van der Waals surface area contributed by atoms with E-state index >= 15 is 0 Å². The Labute approximate surface area is 211 Å². The molecule has 0 aliphatic heterocycles. The van der Waals surface area contributed by atoms with Crippen LogP contribution in [0.25, 0.3) is 11.0 Å². The van der Waals surface area contributed by atoms with Gasteiger partial charge in [-0.15, -0.1) is 0 Å². The third kappa shape index (κ3) is 7.32. The van der Waals surface area contributed by atoms with E-state index in [4.69, 9.17) is 20.9 Å². The van der Waals surface area contributed by atoms with Gasteiger partial charge in [-0.2, -0.15) is 9.97 Å². The zero-order valence-electron chi connectivity index (χ0n) is 21.2. The maximum Gasteiger partial charge on any atom is 0.328 e. The van der Waals surface area contributed by atoms with E-state index in [0.29, 0.717) is 17.4 Å². The molecule has 2 heterocycles. The second-order valence-corrected chi connectivity index (χ2v) is 9.27. The molecule has 2 aromatic heterocycles. The number of amides is 1. The molecule has 0 saturated heterocycles. The smallest absolute Gasteiger partial charge is 0.328 e. The summed E-state index contributed by atoms with van der Waals surface area (Å²) in [5, 5.41) is 3.65. The third-order valence-electron chi connectivity index (χ3n) is 6.76. The maximum atomic E-state index is 12.9. The molecule has 1 fully saturated rings. The molecule has 0 bridgehead atoms. The Morgan fingerprint density at radius 1 is 1.11 bits per heavy atom. The number of aromatic nitrogens is 3. The van der Waals surface area contributed by atoms with E-state index in [1.54, 1.807) is 13.8 Å². The number of carbonyl (C=O) groups is 3. The standard InChI is InChI=1S/C25H38N6O5/c1-3-35-19(32)13-12-18(24(34)36-4-2)29-23(33)16-10-8-15(9-11-16)6-5-7-17-14-28-22-20(17)21(26)30-25(27)31-22/h14-16,18H,3-13H2,1-2H3,(H,29,33)(H5,26,27,28,30,31)/t15?,16?,18-/m1/s1. The molecule has 11 heteroatoms. The molecule has 1 saturated carbocycles. The van der Waals surface area contributed by atoms with E-state index in [0.717, 1.165) is 55.9 Å². The number of nitrogens with zero attached hydrogens (tertiary/aromatic N) is 2. The number of fused-ring (bicyclic) bond motifs is 1. The molecule has 1 atom stereocenters. The molecule has 1 amide bonds. The van der Waals surface area contributed by atoms with E-state index in [1.807, 2.05) is 6.20 Å². The van der Waals surface area contributed by atoms with E-state index in [-0.39, 0.29) is 43.8 Å². The normalized spacial score (nSPS) is 18.5. The van der Waals surface area contributed by atoms with Gasteiger partial charge in [-0.3, -0.25) is 9.59 Å². The number of esters is 2. The lowest BCUT2D eigenvalue weighted by Gasteiger charge is -2.29. The van der Waals surface area contributed by atoms with Gasteiger partial charge in [0.2, 0.25) is 11.9 Å². The molecular formula is C25H38N6O5. The number of anilines is 2. The lowest BCUT2D eigenvalue weighted by molar-refractivity contribution is -0.149. The van der Waals surface area contributed by atoms with Gasteiger partial charge in [-0.1, -0.05) is 6.42 Å². The van der Waals surface area contributed by atoms with Crippen molar-refractivity contribution in [1.82, 2.24) is 20.3 Å². The number of rotatable bonds is 12. The Balaban J connectivity index is 1.44. The van der Waals surface area contributed by atoms with Crippen molar-refractivity contribution in [2.45, 2.75) is 77.7 Å². The number of nitrogens with one attached hydrogen (secondary N) is 2. The summed E-state index contributed by atoms with van der Waals surface area (Å²) in [5.74, 6) is -0.109. The van der Waals surface area contributed by atoms with Crippen LogP contribution in [-0.2, 0) is 30.3 Å². The first kappa shape index (κ1) is 27.2. The number of carbonyl (C=O) groups excluding carboxylic acids is 3. The van der Waals surface area contributed by atoms with E-state index in [9.17, 15) is 14.4 Å². The Kier molecular flexibility index (Phi) is 9.89. The number of H-pyrrole nitrogens is 1. The SMILES string of the molecule is CCOC(=O)CC[C@@H](NC(=O)C1CCC(CCCc2c[nH]c3nc(N)nc(N)c23)CC1)C(=O)OCC. The fourth-order valence-corrected chi connectivity index (χ4v) is 4.91. The summed E-state index contributed by atoms with van der Waals surface area (Å²) < 4.78 is 10.0. The molecule has 198 valence electrons. The van der Waals surface area contributed by atoms with Crippen LogP contribution >= 0.6 is 0 Å². The topological polar surface area (TPSA) is 175 Å². The van der Waals surface area contributed by atoms with Gasteiger partial charge in [0.05, 0.1) is 18.6 Å². The number of hydrogen-bond acceptors (Lipinski definition) is 9. The van der Waals surface area contributed by atoms with Gasteiger partial charge < -0.3 is 31.2 Å². The molecule has 2 aromatic rings. The summed E-state index contributed by atoms with van der Waals surface area (Å²) in [6, 6.07) is -0.845. The lowest BCUT2D eigenvalue weighted by Crippen LogP contribution is -2.45. The van der Waals surface area contributed by atoms with Crippen molar-refractivity contribution in [2.24, 2.45) is 11.8 Å². The van der Waals surface area contributed by atoms with Gasteiger partial charge in [0, 0.05) is 18.5 Å². The quantitative estimate of drug-likeness (QED) is 0.318. The highest BCUT2D eigenvalue weighted by molar-refractivity contribution is 5.90. The molecule has 0 aromatic carbocycles. The largest absolute Gasteiger partial charge is 0.466 e. The minimum Gasteiger partial charge on any atom is -0.466 e. The summed E-state index contributed by atoms with van der Waals surface area (Å²) >= 11 is 0. The first-order chi connectivity index (χ1) is 17.3. The molecule has 3 rings (SSSR count). The number of nitrogens with two attached hydrogens (primary N) is 2. The number of hydrogen-bond donors (Lipinski definition) is 4. The van der Waals surface area contributed by atoms with Crippen molar-refractivity contribution in [3.05, 3.63) is 11.8 Å². The van der Waals surface area contributed by atoms with Crippen LogP contribution in [-0.4, -0.2) is 52.1 Å². The van der Waals surface area contributed by atoms with Crippen molar-refractivity contribution < 1.29 is 23.9 Å². The van der Waals surface area contributed by atoms with Gasteiger partial charge in [0.15, 0.2) is 0 Å². The molecule has 1 aliphatic carbocycles. The fourth-order valence-electron chi connectivity index (χ4n) is 4.91. The molecule has 0 spiro atoms. The van der Waals surface area contributed by atoms with Crippen LogP contribution in [0.5, 0.6) is 0 Å². The monoisotopic (exact) mass is 502 g/mol. The molecule has 0 radical (unpaired) electrons. The highest BCUT2D eigenvalue weighted by Gasteiger charge is 2.30. The van der Waals surface area contributed by atoms with Crippen molar-refractivity contribution in [2.75, 3.05) is 24.7 Å². The Morgan fingerprint density at radius 2 is 1.83 bits per heavy atom. The van der Waals surface area contributed by atoms with E-state index in [1.165, 1.54) is 0 Å². The summed E-state index contributed by atoms with van der Waals surface area (Å²) in [6.07, 6.45) is 8.51. The van der Waals surface area contributed by atoms with Gasteiger partial charge >= 0.3 is 11.9 Å². The Hall–Kier alpha value is -3.37. The average Bonchev–Trinajstić information content (AvgIpc) is 3.25. The zero-order chi connectivity index (χ0) is 26.1. The molecule has 1 aliphatic rings. The molecule has 11 nitrogen and oxygen atoms in total. The first-order valence-corrected chi connectivity index (χ1v) is 12.8. The van der Waals surface area contributed by atoms with E-state index < -0.39 is 18.0 Å². The van der Waals surface area contributed by atoms with Crippen LogP contribution in [0, 0.1) is 11.8 Å². The van der Waals surface area contributed by atoms with Crippen molar-refractivity contribution in [1.29, 1.82) is 0 Å². The number of ether oxygens (including phenoxy) is 2. The van der Waals surface area contributed by atoms with Gasteiger partial charge in [0.1, 0.15) is 17.5 Å². The van der Waals surface area contributed by atoms with Crippen LogP contribution in [0.3, 0.4) is 0 Å². The summed E-state index contributed by atoms with van der Waals surface area (Å²) in [5.41, 5.74) is 13.4. The van der Waals surface area contributed by atoms with Crippen LogP contribution in [0.2, 0.25) is 0 Å². The molecule has 36 heavy (non-hydrogen) atoms. The van der Waals surface area contributed by atoms with Crippen LogP contribution in [0.15, 0.2) is 6.20 Å². The molecular weight excluding hydrogens is 464 g/mol. The summed E-state index contributed by atoms with van der Waals surface area (Å²) in [6.45, 7) is 3.92. The van der Waals surface area contributed by atoms with Crippen molar-refractivity contribution in [3.8, 4) is 0 Å². The highest BCUT2D eigenvalue weighted by atomic mass is 16.5. The number of aryl methyl sites for hydroxylation is 1. The maximum absolute atomic E-state index is 12.9. The first-order valence-electron chi connectivity index (χ1n) is 12.8. The van der Waals surface area contributed by atoms with Gasteiger partial charge in [-0.05, 0) is 70.3 Å². The average molecular weight is 503 g/mol. The van der Waals surface area contributed by atoms with Crippen molar-refractivity contribution in [3.63, 3.8) is 0 Å². The zero-order valence-corrected chi connectivity index (χ0v) is 21.2. The molecule has 0 unspecified atom stereocenters. The lowest BCUT2D eigenvalue weighted by atomic mass is 9.79.